The van der Waals surface area contributed by atoms with Crippen molar-refractivity contribution in [2.24, 2.45) is 17.4 Å². The fraction of sp³-hybridized carbons (Fsp3) is 0.226. The number of phenolic OH excluding ortho intramolecular Hbond substituents is 1. The Kier molecular flexibility index (Phi) is 17.1. The third-order valence-corrected chi connectivity index (χ3v) is 18.6. The van der Waals surface area contributed by atoms with E-state index in [1.165, 1.54) is 39.6 Å². The largest absolute Gasteiger partial charge is 0.508 e. The van der Waals surface area contributed by atoms with E-state index in [9.17, 15) is 49.2 Å². The molecule has 0 unspecified atom stereocenters. The number of aromatic nitrogens is 7. The lowest BCUT2D eigenvalue weighted by molar-refractivity contribution is -0.124. The summed E-state index contributed by atoms with van der Waals surface area (Å²) in [4.78, 5) is 116. The number of nitrogens with two attached hydrogens (primary N) is 2. The number of carbonyl (C=O) groups is 6. The number of aryl methyl sites for hydroxylation is 1. The topological polar surface area (TPSA) is 374 Å². The average molecular weight is 1220 g/mol. The number of benzene rings is 2. The molecule has 10 bridgehead atoms. The Balaban J connectivity index is 1.08. The number of aliphatic hydroxyl groups excluding tert-OH is 3. The van der Waals surface area contributed by atoms with Crippen molar-refractivity contribution < 1.29 is 49.2 Å². The zero-order chi connectivity index (χ0) is 57.9. The zero-order valence-corrected chi connectivity index (χ0v) is 47.8. The second-order valence-corrected chi connectivity index (χ2v) is 24.3. The van der Waals surface area contributed by atoms with Gasteiger partial charge in [-0.25, -0.2) is 34.9 Å². The van der Waals surface area contributed by atoms with Crippen molar-refractivity contribution >= 4 is 103 Å². The lowest BCUT2D eigenvalue weighted by Gasteiger charge is -2.28. The first-order valence-corrected chi connectivity index (χ1v) is 30.0. The molecule has 0 saturated heterocycles. The molecule has 6 amide bonds. The number of rotatable bonds is 11. The van der Waals surface area contributed by atoms with Gasteiger partial charge in [0.05, 0.1) is 36.9 Å². The van der Waals surface area contributed by atoms with Crippen LogP contribution in [0.15, 0.2) is 93.6 Å². The van der Waals surface area contributed by atoms with Crippen LogP contribution < -0.4 is 32.7 Å². The Hall–Kier alpha value is -8.13. The number of hydrogen-bond acceptors (Lipinski definition) is 23. The molecular formula is C53H47N13O10S6. The fourth-order valence-electron chi connectivity index (χ4n) is 8.62. The second-order valence-electron chi connectivity index (χ2n) is 18.7. The third-order valence-electron chi connectivity index (χ3n) is 13.0. The third kappa shape index (κ3) is 12.5. The standard InChI is InChI=1S/C53H47N13O10S6/c1-22(36(69)16-67)38-52-63-35(21-81-52)50-59-31(17-78-50)40-27(12-13-28(56-40)49-60-32(18-79-49)43(55)72)48-61-33(19-77-48)46(75)58-30(15-37(54)70)51-66-39(23(2)82-51)47(76)65-41(42(71)25-6-4-3-5-7-25)53-62-34(20-80-53)45(74)57-29(44(73)64-38)14-24-8-10-26(68)11-9-24/h3-13,17-22,29-30,36,38,41-42,67-69,71H,14-16H2,1-2H3,(H2,54,70)(H2,55,72)(H,57,74)(H,58,75)(H,64,73)(H,65,76)/t22-,29-,30-,36-,38-,41-,42+/m0/s1. The number of phenols is 1. The van der Waals surface area contributed by atoms with Crippen LogP contribution in [0.1, 0.15) is 111 Å². The van der Waals surface area contributed by atoms with Crippen molar-refractivity contribution in [3.63, 3.8) is 0 Å². The Morgan fingerprint density at radius 2 is 1.23 bits per heavy atom. The van der Waals surface area contributed by atoms with Crippen LogP contribution >= 0.6 is 68.0 Å². The van der Waals surface area contributed by atoms with E-state index >= 15 is 0 Å². The summed E-state index contributed by atoms with van der Waals surface area (Å²) in [5.41, 5.74) is 13.8. The minimum Gasteiger partial charge on any atom is -0.508 e. The number of hydrogen-bond donors (Lipinski definition) is 10. The van der Waals surface area contributed by atoms with E-state index in [-0.39, 0.29) is 45.0 Å². The van der Waals surface area contributed by atoms with Gasteiger partial charge in [0.15, 0.2) is 0 Å². The van der Waals surface area contributed by atoms with E-state index in [0.717, 1.165) is 56.7 Å². The van der Waals surface area contributed by atoms with Gasteiger partial charge in [-0.05, 0) is 42.3 Å². The number of thiazole rings is 6. The maximum absolute atomic E-state index is 14.8. The minimum absolute atomic E-state index is 0.0307. The van der Waals surface area contributed by atoms with Crippen molar-refractivity contribution in [1.82, 2.24) is 56.2 Å². The molecule has 23 nitrogen and oxygen atoms in total. The number of carbonyl (C=O) groups excluding carboxylic acids is 6. The van der Waals surface area contributed by atoms with Gasteiger partial charge in [0, 0.05) is 49.7 Å². The Morgan fingerprint density at radius 1 is 0.610 bits per heavy atom. The van der Waals surface area contributed by atoms with Crippen LogP contribution in [-0.2, 0) is 16.0 Å². The normalized spacial score (nSPS) is 18.1. The number of aliphatic hydroxyl groups is 3. The highest BCUT2D eigenvalue weighted by Crippen LogP contribution is 2.40. The summed E-state index contributed by atoms with van der Waals surface area (Å²) >= 11 is 6.63. The van der Waals surface area contributed by atoms with E-state index in [0.29, 0.717) is 64.4 Å². The van der Waals surface area contributed by atoms with Gasteiger partial charge in [-0.1, -0.05) is 49.4 Å². The van der Waals surface area contributed by atoms with E-state index in [1.54, 1.807) is 79.2 Å². The Labute approximate surface area is 489 Å². The summed E-state index contributed by atoms with van der Waals surface area (Å²) in [5.74, 6) is -5.36. The molecule has 7 atom stereocenters. The molecule has 0 aliphatic carbocycles. The van der Waals surface area contributed by atoms with Crippen molar-refractivity contribution in [2.45, 2.75) is 63.1 Å². The molecule has 420 valence electrons. The average Bonchev–Trinajstić information content (AvgIpc) is 4.44. The van der Waals surface area contributed by atoms with Gasteiger partial charge in [0.2, 0.25) is 11.8 Å². The van der Waals surface area contributed by atoms with Crippen molar-refractivity contribution in [3.05, 3.63) is 147 Å². The molecule has 0 spiro atoms. The Bertz CT molecular complexity index is 3860. The van der Waals surface area contributed by atoms with Crippen LogP contribution in [0.5, 0.6) is 5.75 Å². The van der Waals surface area contributed by atoms with Gasteiger partial charge in [-0.2, -0.15) is 0 Å². The molecule has 0 fully saturated rings. The molecule has 1 aliphatic heterocycles. The predicted octanol–water partition coefficient (Wildman–Crippen LogP) is 5.65. The highest BCUT2D eigenvalue weighted by atomic mass is 32.1. The highest BCUT2D eigenvalue weighted by molar-refractivity contribution is 7.15. The van der Waals surface area contributed by atoms with Crippen LogP contribution in [0.2, 0.25) is 0 Å². The highest BCUT2D eigenvalue weighted by Gasteiger charge is 2.35. The van der Waals surface area contributed by atoms with Gasteiger partial charge < -0.3 is 53.2 Å². The SMILES string of the molecule is Cc1sc2nc1C(=O)N[C@@H]([C@H](O)c1ccccc1)c1nc(cs1)C(=O)N[C@@H](Cc1ccc(O)cc1)C(=O)N[C@@H]([C@@H](C)[C@@H](O)CO)c1nc(cs1)-c1nc(cs1)-c1nc(-c3nc(C(N)=O)cs3)ccc1-c1nc(cs1)C(=O)N[C@H]2CC(N)=O. The minimum atomic E-state index is -1.43. The fourth-order valence-corrected chi connectivity index (χ4v) is 13.9. The van der Waals surface area contributed by atoms with Crippen LogP contribution in [0.25, 0.3) is 43.4 Å². The maximum Gasteiger partial charge on any atom is 0.271 e. The number of primary amides is 2. The number of pyridine rings is 1. The second kappa shape index (κ2) is 24.5. The lowest BCUT2D eigenvalue weighted by Crippen LogP contribution is -2.50. The van der Waals surface area contributed by atoms with Gasteiger partial charge in [-0.3, -0.25) is 28.8 Å². The summed E-state index contributed by atoms with van der Waals surface area (Å²) in [6, 6.07) is 13.1. The van der Waals surface area contributed by atoms with Crippen LogP contribution in [0.3, 0.4) is 0 Å². The molecule has 82 heavy (non-hydrogen) atoms. The molecule has 2 aromatic carbocycles. The summed E-state index contributed by atoms with van der Waals surface area (Å²) in [7, 11) is 0. The first-order chi connectivity index (χ1) is 39.4. The smallest absolute Gasteiger partial charge is 0.271 e. The van der Waals surface area contributed by atoms with Gasteiger partial charge in [0.25, 0.3) is 23.6 Å². The van der Waals surface area contributed by atoms with Crippen molar-refractivity contribution in [2.75, 3.05) is 6.61 Å². The molecule has 9 aromatic rings. The first kappa shape index (κ1) is 57.1. The summed E-state index contributed by atoms with van der Waals surface area (Å²) < 4.78 is 0. The van der Waals surface area contributed by atoms with Gasteiger partial charge in [-0.15, -0.1) is 68.0 Å². The van der Waals surface area contributed by atoms with Gasteiger partial charge in [0.1, 0.15) is 93.8 Å². The first-order valence-electron chi connectivity index (χ1n) is 24.8. The number of amides is 6. The maximum atomic E-state index is 14.8. The molecule has 10 rings (SSSR count). The number of nitrogens with zero attached hydrogens (tertiary/aromatic N) is 7. The summed E-state index contributed by atoms with van der Waals surface area (Å²) in [5, 5.41) is 64.3. The molecular weight excluding hydrogens is 1170 g/mol. The molecule has 7 aromatic heterocycles. The van der Waals surface area contributed by atoms with E-state index in [4.69, 9.17) is 31.4 Å². The molecule has 29 heteroatoms. The lowest BCUT2D eigenvalue weighted by atomic mass is 9.95. The number of nitrogens with one attached hydrogen (secondary N) is 4. The number of aromatic hydroxyl groups is 1. The predicted molar refractivity (Wildman–Crippen MR) is 308 cm³/mol. The van der Waals surface area contributed by atoms with E-state index in [2.05, 4.69) is 36.2 Å². The molecule has 0 saturated carbocycles. The summed E-state index contributed by atoms with van der Waals surface area (Å²) in [6.07, 6.45) is -3.27. The van der Waals surface area contributed by atoms with Crippen LogP contribution in [-0.4, -0.2) is 110 Å². The van der Waals surface area contributed by atoms with Gasteiger partial charge >= 0.3 is 0 Å². The summed E-state index contributed by atoms with van der Waals surface area (Å²) in [6.45, 7) is 2.58. The zero-order valence-electron chi connectivity index (χ0n) is 42.9. The molecule has 12 N–H and O–H groups in total. The Morgan fingerprint density at radius 3 is 1.94 bits per heavy atom. The molecule has 1 aliphatic rings. The van der Waals surface area contributed by atoms with Crippen molar-refractivity contribution in [3.8, 4) is 49.1 Å². The monoisotopic (exact) mass is 1220 g/mol. The molecule has 8 heterocycles. The van der Waals surface area contributed by atoms with E-state index in [1.807, 2.05) is 0 Å². The molecule has 0 radical (unpaired) electrons. The van der Waals surface area contributed by atoms with Crippen molar-refractivity contribution in [1.29, 1.82) is 0 Å². The van der Waals surface area contributed by atoms with E-state index < -0.39 is 90.8 Å². The number of fused-ring (bicyclic) bond motifs is 14. The van der Waals surface area contributed by atoms with Crippen LogP contribution in [0, 0.1) is 12.8 Å². The quantitative estimate of drug-likeness (QED) is 0.0747. The van der Waals surface area contributed by atoms with Crippen LogP contribution in [0.4, 0.5) is 0 Å².